The summed E-state index contributed by atoms with van der Waals surface area (Å²) < 4.78 is 51.1. The number of amides is 1. The molecule has 0 saturated heterocycles. The van der Waals surface area contributed by atoms with Crippen LogP contribution in [0.1, 0.15) is 16.8 Å². The first-order valence-electron chi connectivity index (χ1n) is 8.26. The molecule has 3 rings (SSSR count). The molecular formula is C19H14F4N4OS. The topological polar surface area (TPSA) is 66.4 Å². The number of hydrogen-bond donors (Lipinski definition) is 2. The molecule has 0 unspecified atom stereocenters. The fourth-order valence-electron chi connectivity index (χ4n) is 2.27. The van der Waals surface area contributed by atoms with Crippen LogP contribution in [-0.2, 0) is 17.4 Å². The second-order valence-corrected chi connectivity index (χ2v) is 6.73. The molecule has 1 heterocycles. The van der Waals surface area contributed by atoms with Crippen LogP contribution in [-0.4, -0.2) is 17.1 Å². The average Bonchev–Trinajstić information content (AvgIpc) is 3.09. The molecule has 1 aromatic heterocycles. The predicted molar refractivity (Wildman–Crippen MR) is 103 cm³/mol. The SMILES string of the molecule is O=C(Cc1csc(Nc2cccc(C(F)(F)F)c2)n1)N/N=C\c1ccc(F)cc1. The number of thiazole rings is 1. The fraction of sp³-hybridized carbons (Fsp3) is 0.105. The van der Waals surface area contributed by atoms with Crippen molar-refractivity contribution in [2.75, 3.05) is 5.32 Å². The number of anilines is 2. The van der Waals surface area contributed by atoms with E-state index in [9.17, 15) is 22.4 Å². The lowest BCUT2D eigenvalue weighted by atomic mass is 10.2. The Balaban J connectivity index is 1.54. The number of benzene rings is 2. The summed E-state index contributed by atoms with van der Waals surface area (Å²) >= 11 is 1.16. The zero-order valence-electron chi connectivity index (χ0n) is 14.7. The van der Waals surface area contributed by atoms with Crippen LogP contribution in [0.4, 0.5) is 28.4 Å². The van der Waals surface area contributed by atoms with Crippen molar-refractivity contribution in [3.8, 4) is 0 Å². The first-order chi connectivity index (χ1) is 13.8. The molecule has 2 N–H and O–H groups in total. The van der Waals surface area contributed by atoms with Gasteiger partial charge < -0.3 is 5.32 Å². The van der Waals surface area contributed by atoms with Crippen molar-refractivity contribution in [2.24, 2.45) is 5.10 Å². The number of nitrogens with one attached hydrogen (secondary N) is 2. The van der Waals surface area contributed by atoms with Crippen LogP contribution >= 0.6 is 11.3 Å². The largest absolute Gasteiger partial charge is 0.416 e. The van der Waals surface area contributed by atoms with E-state index < -0.39 is 17.6 Å². The van der Waals surface area contributed by atoms with Crippen molar-refractivity contribution in [1.29, 1.82) is 0 Å². The van der Waals surface area contributed by atoms with Gasteiger partial charge in [0.25, 0.3) is 0 Å². The highest BCUT2D eigenvalue weighted by Gasteiger charge is 2.30. The third kappa shape index (κ3) is 6.11. The van der Waals surface area contributed by atoms with Gasteiger partial charge in [-0.1, -0.05) is 18.2 Å². The Morgan fingerprint density at radius 1 is 1.17 bits per heavy atom. The fourth-order valence-corrected chi connectivity index (χ4v) is 3.00. The van der Waals surface area contributed by atoms with E-state index in [0.29, 0.717) is 16.4 Å². The standard InChI is InChI=1S/C19H14F4N4OS/c20-14-6-4-12(5-7-14)10-24-27-17(28)9-16-11-29-18(26-16)25-15-3-1-2-13(8-15)19(21,22)23/h1-8,10-11H,9H2,(H,25,26)(H,27,28)/b24-10-. The molecule has 1 amide bonds. The van der Waals surface area contributed by atoms with E-state index in [-0.39, 0.29) is 17.9 Å². The van der Waals surface area contributed by atoms with E-state index in [1.54, 1.807) is 5.38 Å². The number of aromatic nitrogens is 1. The summed E-state index contributed by atoms with van der Waals surface area (Å²) in [6, 6.07) is 10.3. The molecule has 5 nitrogen and oxygen atoms in total. The van der Waals surface area contributed by atoms with E-state index >= 15 is 0 Å². The summed E-state index contributed by atoms with van der Waals surface area (Å²) in [6.07, 6.45) is -3.11. The minimum Gasteiger partial charge on any atom is -0.332 e. The van der Waals surface area contributed by atoms with Gasteiger partial charge in [0.1, 0.15) is 5.82 Å². The van der Waals surface area contributed by atoms with Crippen LogP contribution in [0.2, 0.25) is 0 Å². The third-order valence-corrected chi connectivity index (χ3v) is 4.41. The normalized spacial score (nSPS) is 11.6. The summed E-state index contributed by atoms with van der Waals surface area (Å²) in [5.41, 5.74) is 2.87. The Hall–Kier alpha value is -3.27. The van der Waals surface area contributed by atoms with Crippen molar-refractivity contribution in [2.45, 2.75) is 12.6 Å². The lowest BCUT2D eigenvalue weighted by Gasteiger charge is -2.08. The molecule has 150 valence electrons. The van der Waals surface area contributed by atoms with Gasteiger partial charge in [-0.3, -0.25) is 4.79 Å². The lowest BCUT2D eigenvalue weighted by Crippen LogP contribution is -2.19. The number of alkyl halides is 3. The predicted octanol–water partition coefficient (Wildman–Crippen LogP) is 4.74. The summed E-state index contributed by atoms with van der Waals surface area (Å²) in [5.74, 6) is -0.788. The zero-order valence-corrected chi connectivity index (χ0v) is 15.5. The molecule has 0 fully saturated rings. The number of halogens is 4. The van der Waals surface area contributed by atoms with Crippen molar-refractivity contribution < 1.29 is 22.4 Å². The second kappa shape index (κ2) is 8.82. The van der Waals surface area contributed by atoms with Gasteiger partial charge in [0.2, 0.25) is 5.91 Å². The number of carbonyl (C=O) groups is 1. The monoisotopic (exact) mass is 422 g/mol. The van der Waals surface area contributed by atoms with Crippen molar-refractivity contribution in [3.05, 3.63) is 76.5 Å². The maximum atomic E-state index is 12.8. The highest BCUT2D eigenvalue weighted by Crippen LogP contribution is 2.31. The van der Waals surface area contributed by atoms with Crippen LogP contribution in [0.15, 0.2) is 59.0 Å². The Kier molecular flexibility index (Phi) is 6.23. The van der Waals surface area contributed by atoms with Gasteiger partial charge >= 0.3 is 6.18 Å². The summed E-state index contributed by atoms with van der Waals surface area (Å²) in [5, 5.41) is 8.56. The molecule has 0 bridgehead atoms. The van der Waals surface area contributed by atoms with E-state index in [1.165, 1.54) is 42.6 Å². The van der Waals surface area contributed by atoms with Gasteiger partial charge in [-0.05, 0) is 35.9 Å². The van der Waals surface area contributed by atoms with Gasteiger partial charge in [-0.15, -0.1) is 11.3 Å². The van der Waals surface area contributed by atoms with Crippen LogP contribution < -0.4 is 10.7 Å². The first kappa shape index (κ1) is 20.5. The van der Waals surface area contributed by atoms with Gasteiger partial charge in [0.05, 0.1) is 23.9 Å². The Labute approximate surface area is 167 Å². The molecule has 0 saturated carbocycles. The Morgan fingerprint density at radius 3 is 2.66 bits per heavy atom. The lowest BCUT2D eigenvalue weighted by molar-refractivity contribution is -0.137. The molecule has 10 heteroatoms. The minimum absolute atomic E-state index is 0.0540. The minimum atomic E-state index is -4.43. The van der Waals surface area contributed by atoms with Gasteiger partial charge in [-0.2, -0.15) is 18.3 Å². The van der Waals surface area contributed by atoms with Crippen molar-refractivity contribution in [1.82, 2.24) is 10.4 Å². The van der Waals surface area contributed by atoms with Gasteiger partial charge in [-0.25, -0.2) is 14.8 Å². The third-order valence-electron chi connectivity index (χ3n) is 3.61. The van der Waals surface area contributed by atoms with E-state index in [4.69, 9.17) is 0 Å². The molecule has 29 heavy (non-hydrogen) atoms. The maximum Gasteiger partial charge on any atom is 0.416 e. The molecule has 0 atom stereocenters. The molecule has 2 aromatic carbocycles. The highest BCUT2D eigenvalue weighted by atomic mass is 32.1. The molecule has 0 aliphatic rings. The number of hydrazone groups is 1. The molecular weight excluding hydrogens is 408 g/mol. The summed E-state index contributed by atoms with van der Waals surface area (Å²) in [6.45, 7) is 0. The van der Waals surface area contributed by atoms with E-state index in [0.717, 1.165) is 23.5 Å². The second-order valence-electron chi connectivity index (χ2n) is 5.87. The summed E-state index contributed by atoms with van der Waals surface area (Å²) in [4.78, 5) is 16.1. The molecule has 0 aliphatic heterocycles. The quantitative estimate of drug-likeness (QED) is 0.343. The van der Waals surface area contributed by atoms with Gasteiger partial charge in [0.15, 0.2) is 5.13 Å². The van der Waals surface area contributed by atoms with Crippen LogP contribution in [0, 0.1) is 5.82 Å². The zero-order chi connectivity index (χ0) is 20.9. The highest BCUT2D eigenvalue weighted by molar-refractivity contribution is 7.13. The molecule has 3 aromatic rings. The van der Waals surface area contributed by atoms with Gasteiger partial charge in [0, 0.05) is 11.1 Å². The Bertz CT molecular complexity index is 1020. The number of carbonyl (C=O) groups excluding carboxylic acids is 1. The van der Waals surface area contributed by atoms with E-state index in [2.05, 4.69) is 20.8 Å². The van der Waals surface area contributed by atoms with Crippen LogP contribution in [0.5, 0.6) is 0 Å². The Morgan fingerprint density at radius 2 is 1.93 bits per heavy atom. The molecule has 0 radical (unpaired) electrons. The smallest absolute Gasteiger partial charge is 0.332 e. The maximum absolute atomic E-state index is 12.8. The molecule has 0 aliphatic carbocycles. The first-order valence-corrected chi connectivity index (χ1v) is 9.14. The number of rotatable bonds is 6. The van der Waals surface area contributed by atoms with Crippen molar-refractivity contribution in [3.63, 3.8) is 0 Å². The van der Waals surface area contributed by atoms with Crippen LogP contribution in [0.3, 0.4) is 0 Å². The molecule has 0 spiro atoms. The van der Waals surface area contributed by atoms with E-state index in [1.807, 2.05) is 0 Å². The summed E-state index contributed by atoms with van der Waals surface area (Å²) in [7, 11) is 0. The van der Waals surface area contributed by atoms with Crippen molar-refractivity contribution >= 4 is 34.3 Å². The number of nitrogens with zero attached hydrogens (tertiary/aromatic N) is 2. The number of hydrogen-bond acceptors (Lipinski definition) is 5. The average molecular weight is 422 g/mol. The van der Waals surface area contributed by atoms with Crippen LogP contribution in [0.25, 0.3) is 0 Å².